The lowest BCUT2D eigenvalue weighted by atomic mass is 10.0. The molecule has 0 radical (unpaired) electrons. The first-order valence-electron chi connectivity index (χ1n) is 9.87. The van der Waals surface area contributed by atoms with Crippen molar-refractivity contribution in [3.8, 4) is 0 Å². The quantitative estimate of drug-likeness (QED) is 0.205. The fourth-order valence-corrected chi connectivity index (χ4v) is 5.88. The van der Waals surface area contributed by atoms with Gasteiger partial charge in [0.15, 0.2) is 0 Å². The molecule has 10 heteroatoms. The normalized spacial score (nSPS) is 13.5. The number of hydrogen-bond donors (Lipinski definition) is 0. The second-order valence-corrected chi connectivity index (χ2v) is 10.4. The zero-order valence-corrected chi connectivity index (χ0v) is 18.9. The second kappa shape index (κ2) is 11.0. The molecule has 0 aliphatic carbocycles. The first-order valence-corrected chi connectivity index (χ1v) is 11.8. The molecule has 30 heavy (non-hydrogen) atoms. The highest BCUT2D eigenvalue weighted by Crippen LogP contribution is 2.36. The van der Waals surface area contributed by atoms with E-state index >= 15 is 0 Å². The molecule has 0 aliphatic rings. The molecule has 0 bridgehead atoms. The molecule has 0 aromatic heterocycles. The number of alkyl halides is 6. The van der Waals surface area contributed by atoms with Crippen molar-refractivity contribution in [3.63, 3.8) is 0 Å². The van der Waals surface area contributed by atoms with Gasteiger partial charge in [-0.05, 0) is 70.7 Å². The molecular weight excluding hydrogens is 430 g/mol. The molecule has 0 unspecified atom stereocenters. The second-order valence-electron chi connectivity index (χ2n) is 7.70. The van der Waals surface area contributed by atoms with Gasteiger partial charge in [0.25, 0.3) is 0 Å². The Morgan fingerprint density at radius 1 is 0.767 bits per heavy atom. The van der Waals surface area contributed by atoms with Crippen LogP contribution in [0.25, 0.3) is 0 Å². The van der Waals surface area contributed by atoms with E-state index in [0.29, 0.717) is 25.3 Å². The van der Waals surface area contributed by atoms with Gasteiger partial charge in [-0.15, -0.1) is 0 Å². The van der Waals surface area contributed by atoms with Crippen LogP contribution in [0.15, 0.2) is 18.2 Å². The third kappa shape index (κ3) is 8.95. The Labute approximate surface area is 175 Å². The number of benzene rings is 1. The Hall–Kier alpha value is -1.10. The van der Waals surface area contributed by atoms with Crippen LogP contribution in [0.4, 0.5) is 26.3 Å². The minimum absolute atomic E-state index is 0.0178. The maximum absolute atomic E-state index is 13.0. The largest absolute Gasteiger partial charge is 0.501 e. The van der Waals surface area contributed by atoms with Crippen LogP contribution >= 0.6 is 0 Å². The zero-order valence-electron chi connectivity index (χ0n) is 17.9. The van der Waals surface area contributed by atoms with Gasteiger partial charge in [-0.2, -0.15) is 26.3 Å². The average Bonchev–Trinajstić information content (AvgIpc) is 2.58. The molecule has 0 spiro atoms. The van der Waals surface area contributed by atoms with Gasteiger partial charge in [0.1, 0.15) is 0 Å². The van der Waals surface area contributed by atoms with Crippen molar-refractivity contribution in [2.24, 2.45) is 0 Å². The first kappa shape index (κ1) is 26.9. The summed E-state index contributed by atoms with van der Waals surface area (Å²) in [6.45, 7) is 7.49. The Balaban J connectivity index is 2.76. The molecule has 0 amide bonds. The van der Waals surface area contributed by atoms with Crippen molar-refractivity contribution < 1.29 is 39.6 Å². The summed E-state index contributed by atoms with van der Waals surface area (Å²) in [6.07, 6.45) is -8.07. The van der Waals surface area contributed by atoms with Crippen LogP contribution in [0, 0.1) is 0 Å². The maximum atomic E-state index is 13.0. The molecule has 174 valence electrons. The Bertz CT molecular complexity index is 617. The van der Waals surface area contributed by atoms with E-state index in [1.807, 2.05) is 27.7 Å². The number of halogens is 6. The van der Waals surface area contributed by atoms with Crippen molar-refractivity contribution in [1.82, 2.24) is 0 Å². The third-order valence-electron chi connectivity index (χ3n) is 4.24. The van der Waals surface area contributed by atoms with Crippen molar-refractivity contribution in [3.05, 3.63) is 34.9 Å². The summed E-state index contributed by atoms with van der Waals surface area (Å²) in [5, 5.41) is 0. The Morgan fingerprint density at radius 3 is 1.60 bits per heavy atom. The monoisotopic (exact) mass is 460 g/mol. The Kier molecular flexibility index (Phi) is 9.85. The van der Waals surface area contributed by atoms with Crippen LogP contribution in [0.5, 0.6) is 0 Å². The third-order valence-corrected chi connectivity index (χ3v) is 7.49. The van der Waals surface area contributed by atoms with Crippen molar-refractivity contribution >= 4 is 8.80 Å². The molecule has 1 rings (SSSR count). The molecule has 0 N–H and O–H groups in total. The highest BCUT2D eigenvalue weighted by Gasteiger charge is 2.41. The van der Waals surface area contributed by atoms with E-state index in [1.54, 1.807) is 0 Å². The van der Waals surface area contributed by atoms with Gasteiger partial charge < -0.3 is 13.3 Å². The van der Waals surface area contributed by atoms with Crippen molar-refractivity contribution in [2.45, 2.75) is 84.0 Å². The number of aryl methyl sites for hydroxylation is 1. The lowest BCUT2D eigenvalue weighted by molar-refractivity contribution is -0.143. The molecule has 3 nitrogen and oxygen atoms in total. The Morgan fingerprint density at radius 2 is 1.23 bits per heavy atom. The van der Waals surface area contributed by atoms with Gasteiger partial charge in [0, 0.05) is 25.4 Å². The van der Waals surface area contributed by atoms with E-state index < -0.39 is 32.3 Å². The summed E-state index contributed by atoms with van der Waals surface area (Å²) < 4.78 is 95.1. The molecule has 0 fully saturated rings. The summed E-state index contributed by atoms with van der Waals surface area (Å²) in [7, 11) is -1.36. The summed E-state index contributed by atoms with van der Waals surface area (Å²) in [5.41, 5.74) is -2.55. The number of rotatable bonds is 11. The molecule has 1 aromatic carbocycles. The van der Waals surface area contributed by atoms with E-state index in [0.717, 1.165) is 12.1 Å². The molecule has 0 atom stereocenters. The van der Waals surface area contributed by atoms with Crippen LogP contribution < -0.4 is 0 Å². The standard InChI is InChI=1S/C20H30F6O3Si/c1-14(2)28-30(27-5,29-15(3)4)10-8-6-7-9-16-11-17(19(21,22)23)13-18(12-16)20(24,25)26/h11-15H,6-10H2,1-5H3. The molecule has 1 aromatic rings. The van der Waals surface area contributed by atoms with Crippen LogP contribution in [0.1, 0.15) is 63.6 Å². The number of unbranched alkanes of at least 4 members (excludes halogenated alkanes) is 2. The van der Waals surface area contributed by atoms with E-state index in [-0.39, 0.29) is 30.3 Å². The predicted molar refractivity (Wildman–Crippen MR) is 104 cm³/mol. The minimum atomic E-state index is -4.83. The van der Waals surface area contributed by atoms with E-state index in [2.05, 4.69) is 0 Å². The average molecular weight is 461 g/mol. The lowest BCUT2D eigenvalue weighted by Gasteiger charge is -2.31. The maximum Gasteiger partial charge on any atom is 0.501 e. The fourth-order valence-electron chi connectivity index (χ4n) is 3.07. The van der Waals surface area contributed by atoms with Gasteiger partial charge in [-0.1, -0.05) is 6.42 Å². The van der Waals surface area contributed by atoms with E-state index in [1.165, 1.54) is 7.11 Å². The molecule has 0 aliphatic heterocycles. The minimum Gasteiger partial charge on any atom is -0.377 e. The summed E-state index contributed by atoms with van der Waals surface area (Å²) in [4.78, 5) is 0. The fraction of sp³-hybridized carbons (Fsp3) is 0.700. The van der Waals surface area contributed by atoms with Crippen LogP contribution in [-0.4, -0.2) is 28.1 Å². The van der Waals surface area contributed by atoms with Crippen molar-refractivity contribution in [1.29, 1.82) is 0 Å². The number of hydrogen-bond acceptors (Lipinski definition) is 3. The van der Waals surface area contributed by atoms with Gasteiger partial charge >= 0.3 is 21.2 Å². The van der Waals surface area contributed by atoms with E-state index in [9.17, 15) is 26.3 Å². The van der Waals surface area contributed by atoms with Gasteiger partial charge in [0.05, 0.1) is 11.1 Å². The summed E-state index contributed by atoms with van der Waals surface area (Å²) >= 11 is 0. The summed E-state index contributed by atoms with van der Waals surface area (Å²) in [5.74, 6) is 0. The predicted octanol–water partition coefficient (Wildman–Crippen LogP) is 6.87. The van der Waals surface area contributed by atoms with E-state index in [4.69, 9.17) is 13.3 Å². The molecule has 0 saturated carbocycles. The van der Waals surface area contributed by atoms with Crippen LogP contribution in [0.3, 0.4) is 0 Å². The first-order chi connectivity index (χ1) is 13.7. The van der Waals surface area contributed by atoms with Gasteiger partial charge in [0.2, 0.25) is 0 Å². The molecular formula is C20H30F6O3Si. The molecule has 0 saturated heterocycles. The van der Waals surface area contributed by atoms with Crippen LogP contribution in [0.2, 0.25) is 6.04 Å². The SMILES string of the molecule is CO[Si](CCCCCc1cc(C(F)(F)F)cc(C(F)(F)F)c1)(OC(C)C)OC(C)C. The lowest BCUT2D eigenvalue weighted by Crippen LogP contribution is -2.48. The molecule has 0 heterocycles. The van der Waals surface area contributed by atoms with Crippen molar-refractivity contribution in [2.75, 3.05) is 7.11 Å². The highest BCUT2D eigenvalue weighted by molar-refractivity contribution is 6.60. The zero-order chi connectivity index (χ0) is 23.2. The summed E-state index contributed by atoms with van der Waals surface area (Å²) in [6, 6.07) is 2.24. The van der Waals surface area contributed by atoms with Gasteiger partial charge in [-0.3, -0.25) is 0 Å². The highest BCUT2D eigenvalue weighted by atomic mass is 28.4. The van der Waals surface area contributed by atoms with Crippen LogP contribution in [-0.2, 0) is 32.1 Å². The smallest absolute Gasteiger partial charge is 0.377 e. The van der Waals surface area contributed by atoms with Gasteiger partial charge in [-0.25, -0.2) is 0 Å². The topological polar surface area (TPSA) is 27.7 Å².